The van der Waals surface area contributed by atoms with Gasteiger partial charge in [-0.25, -0.2) is 4.39 Å². The molecule has 0 saturated carbocycles. The van der Waals surface area contributed by atoms with Crippen molar-refractivity contribution in [2.45, 2.75) is 26.3 Å². The van der Waals surface area contributed by atoms with Crippen molar-refractivity contribution in [3.8, 4) is 5.75 Å². The number of carbonyl (C=O) groups is 1. The number of phenolic OH excluding ortho intramolecular Hbond substituents is 1. The molecule has 1 saturated heterocycles. The van der Waals surface area contributed by atoms with E-state index in [0.717, 1.165) is 6.07 Å². The molecule has 0 aliphatic carbocycles. The fraction of sp³-hybridized carbons (Fsp3) is 0.500. The van der Waals surface area contributed by atoms with Crippen LogP contribution in [0.15, 0.2) is 18.2 Å². The maximum absolute atomic E-state index is 13.2. The Bertz CT molecular complexity index is 471. The number of aromatic hydroxyl groups is 1. The van der Waals surface area contributed by atoms with E-state index in [4.69, 9.17) is 0 Å². The van der Waals surface area contributed by atoms with Crippen molar-refractivity contribution in [3.63, 3.8) is 0 Å². The zero-order valence-corrected chi connectivity index (χ0v) is 10.9. The summed E-state index contributed by atoms with van der Waals surface area (Å²) in [5.41, 5.74) is -0.0233. The van der Waals surface area contributed by atoms with Crippen molar-refractivity contribution in [2.75, 3.05) is 13.1 Å². The first-order valence-electron chi connectivity index (χ1n) is 6.39. The van der Waals surface area contributed by atoms with E-state index in [2.05, 4.69) is 0 Å². The molecular weight excluding hydrogens is 249 g/mol. The van der Waals surface area contributed by atoms with Gasteiger partial charge in [0.1, 0.15) is 11.6 Å². The molecule has 2 N–H and O–H groups in total. The van der Waals surface area contributed by atoms with Gasteiger partial charge < -0.3 is 10.2 Å². The van der Waals surface area contributed by atoms with Gasteiger partial charge in [-0.2, -0.15) is 0 Å². The number of benzene rings is 1. The Kier molecular flexibility index (Phi) is 3.75. The number of hydrogen-bond donors (Lipinski definition) is 2. The molecule has 1 aromatic carbocycles. The highest BCUT2D eigenvalue weighted by molar-refractivity contribution is 5.75. The summed E-state index contributed by atoms with van der Waals surface area (Å²) in [5.74, 6) is -1.34. The summed E-state index contributed by atoms with van der Waals surface area (Å²) in [6, 6.07) is 3.93. The average Bonchev–Trinajstić information content (AvgIpc) is 2.72. The summed E-state index contributed by atoms with van der Waals surface area (Å²) in [4.78, 5) is 13.3. The van der Waals surface area contributed by atoms with E-state index in [1.165, 1.54) is 12.1 Å². The van der Waals surface area contributed by atoms with Gasteiger partial charge in [0, 0.05) is 19.2 Å². The van der Waals surface area contributed by atoms with Crippen LogP contribution in [0.1, 0.15) is 25.3 Å². The molecule has 0 spiro atoms. The number of carboxylic acids is 1. The fourth-order valence-electron chi connectivity index (χ4n) is 2.69. The first-order valence-corrected chi connectivity index (χ1v) is 6.39. The topological polar surface area (TPSA) is 60.8 Å². The van der Waals surface area contributed by atoms with E-state index in [9.17, 15) is 19.4 Å². The van der Waals surface area contributed by atoms with Crippen LogP contribution in [0.4, 0.5) is 4.39 Å². The Morgan fingerprint density at radius 1 is 1.47 bits per heavy atom. The first-order chi connectivity index (χ1) is 8.95. The fourth-order valence-corrected chi connectivity index (χ4v) is 2.69. The summed E-state index contributed by atoms with van der Waals surface area (Å²) in [6.45, 7) is 3.49. The van der Waals surface area contributed by atoms with E-state index in [1.54, 1.807) is 0 Å². The van der Waals surface area contributed by atoms with Gasteiger partial charge in [0.05, 0.1) is 5.41 Å². The zero-order chi connectivity index (χ0) is 14.0. The minimum atomic E-state index is -0.764. The van der Waals surface area contributed by atoms with Crippen LogP contribution in [0.2, 0.25) is 0 Å². The number of likely N-dealkylation sites (tertiary alicyclic amines) is 1. The maximum atomic E-state index is 13.2. The second-order valence-corrected chi connectivity index (χ2v) is 5.22. The summed E-state index contributed by atoms with van der Waals surface area (Å²) < 4.78 is 13.2. The van der Waals surface area contributed by atoms with E-state index >= 15 is 0 Å². The molecular formula is C14H18FNO3. The van der Waals surface area contributed by atoms with E-state index in [-0.39, 0.29) is 5.75 Å². The third kappa shape index (κ3) is 2.87. The van der Waals surface area contributed by atoms with Gasteiger partial charge in [0.15, 0.2) is 0 Å². The lowest BCUT2D eigenvalue weighted by Crippen LogP contribution is -2.33. The number of aliphatic carboxylic acids is 1. The predicted octanol–water partition coefficient (Wildman–Crippen LogP) is 2.22. The molecule has 1 aliphatic rings. The number of carboxylic acid groups (broad SMARTS) is 1. The molecule has 1 atom stereocenters. The number of phenols is 1. The Morgan fingerprint density at radius 3 is 2.74 bits per heavy atom. The molecule has 1 heterocycles. The van der Waals surface area contributed by atoms with Crippen molar-refractivity contribution < 1.29 is 19.4 Å². The molecule has 2 rings (SSSR count). The molecule has 1 aliphatic heterocycles. The van der Waals surface area contributed by atoms with Crippen LogP contribution in [0.25, 0.3) is 0 Å². The zero-order valence-electron chi connectivity index (χ0n) is 10.9. The van der Waals surface area contributed by atoms with Crippen molar-refractivity contribution in [3.05, 3.63) is 29.6 Å². The molecule has 104 valence electrons. The van der Waals surface area contributed by atoms with Crippen LogP contribution in [-0.2, 0) is 11.3 Å². The molecule has 5 heteroatoms. The van der Waals surface area contributed by atoms with Gasteiger partial charge in [-0.05, 0) is 37.1 Å². The number of rotatable bonds is 4. The van der Waals surface area contributed by atoms with Crippen molar-refractivity contribution in [1.29, 1.82) is 0 Å². The molecule has 0 radical (unpaired) electrons. The standard InChI is InChI=1S/C14H18FNO3/c1-2-14(13(18)19)3-4-16(9-14)8-10-5-11(15)7-12(17)6-10/h5-7,17H,2-4,8-9H2,1H3,(H,18,19). The summed E-state index contributed by atoms with van der Waals surface area (Å²) >= 11 is 0. The minimum absolute atomic E-state index is 0.103. The smallest absolute Gasteiger partial charge is 0.310 e. The first kappa shape index (κ1) is 13.8. The van der Waals surface area contributed by atoms with Crippen LogP contribution in [0.5, 0.6) is 5.75 Å². The van der Waals surface area contributed by atoms with Gasteiger partial charge in [0.25, 0.3) is 0 Å². The highest BCUT2D eigenvalue weighted by Crippen LogP contribution is 2.35. The Morgan fingerprint density at radius 2 is 2.21 bits per heavy atom. The molecule has 0 amide bonds. The second kappa shape index (κ2) is 5.17. The predicted molar refractivity (Wildman–Crippen MR) is 68.3 cm³/mol. The van der Waals surface area contributed by atoms with Crippen molar-refractivity contribution >= 4 is 5.97 Å². The SMILES string of the molecule is CCC1(C(=O)O)CCN(Cc2cc(O)cc(F)c2)C1. The molecule has 0 aromatic heterocycles. The van der Waals surface area contributed by atoms with E-state index < -0.39 is 17.2 Å². The molecule has 0 bridgehead atoms. The molecule has 4 nitrogen and oxygen atoms in total. The van der Waals surface area contributed by atoms with Crippen LogP contribution in [0, 0.1) is 11.2 Å². The lowest BCUT2D eigenvalue weighted by Gasteiger charge is -2.23. The average molecular weight is 267 g/mol. The van der Waals surface area contributed by atoms with Crippen LogP contribution in [0.3, 0.4) is 0 Å². The van der Waals surface area contributed by atoms with E-state index in [1.807, 2.05) is 11.8 Å². The van der Waals surface area contributed by atoms with Gasteiger partial charge in [0.2, 0.25) is 0 Å². The Hall–Kier alpha value is -1.62. The van der Waals surface area contributed by atoms with Gasteiger partial charge >= 0.3 is 5.97 Å². The van der Waals surface area contributed by atoms with Crippen LogP contribution < -0.4 is 0 Å². The van der Waals surface area contributed by atoms with Gasteiger partial charge in [-0.3, -0.25) is 9.69 Å². The highest BCUT2D eigenvalue weighted by atomic mass is 19.1. The number of nitrogens with zero attached hydrogens (tertiary/aromatic N) is 1. The van der Waals surface area contributed by atoms with Gasteiger partial charge in [-0.1, -0.05) is 6.92 Å². The second-order valence-electron chi connectivity index (χ2n) is 5.22. The quantitative estimate of drug-likeness (QED) is 0.878. The highest BCUT2D eigenvalue weighted by Gasteiger charge is 2.43. The number of halogens is 1. The van der Waals surface area contributed by atoms with Gasteiger partial charge in [-0.15, -0.1) is 0 Å². The molecule has 1 fully saturated rings. The lowest BCUT2D eigenvalue weighted by atomic mass is 9.84. The lowest BCUT2D eigenvalue weighted by molar-refractivity contribution is -0.148. The molecule has 1 unspecified atom stereocenters. The van der Waals surface area contributed by atoms with Crippen molar-refractivity contribution in [1.82, 2.24) is 4.90 Å². The number of hydrogen-bond acceptors (Lipinski definition) is 3. The van der Waals surface area contributed by atoms with E-state index in [0.29, 0.717) is 38.0 Å². The Balaban J connectivity index is 2.08. The third-order valence-corrected chi connectivity index (χ3v) is 3.91. The summed E-state index contributed by atoms with van der Waals surface area (Å²) in [6.07, 6.45) is 1.20. The minimum Gasteiger partial charge on any atom is -0.508 e. The third-order valence-electron chi connectivity index (χ3n) is 3.91. The summed E-state index contributed by atoms with van der Waals surface area (Å²) in [5, 5.41) is 18.7. The normalized spacial score (nSPS) is 23.7. The Labute approximate surface area is 111 Å². The maximum Gasteiger partial charge on any atom is 0.310 e. The largest absolute Gasteiger partial charge is 0.508 e. The molecule has 1 aromatic rings. The summed E-state index contributed by atoms with van der Waals surface area (Å²) in [7, 11) is 0. The van der Waals surface area contributed by atoms with Crippen molar-refractivity contribution in [2.24, 2.45) is 5.41 Å². The van der Waals surface area contributed by atoms with Crippen LogP contribution in [-0.4, -0.2) is 34.2 Å². The monoisotopic (exact) mass is 267 g/mol. The van der Waals surface area contributed by atoms with Crippen LogP contribution >= 0.6 is 0 Å². The molecule has 19 heavy (non-hydrogen) atoms.